The topological polar surface area (TPSA) is 81.8 Å². The Morgan fingerprint density at radius 1 is 1.06 bits per heavy atom. The van der Waals surface area contributed by atoms with E-state index in [-0.39, 0.29) is 30.7 Å². The summed E-state index contributed by atoms with van der Waals surface area (Å²) in [6.45, 7) is 1.66. The number of nitrogens with zero attached hydrogens (tertiary/aromatic N) is 2. The Morgan fingerprint density at radius 3 is 2.53 bits per heavy atom. The number of amides is 3. The molecule has 36 heavy (non-hydrogen) atoms. The second-order valence-corrected chi connectivity index (χ2v) is 10.8. The molecule has 2 heterocycles. The summed E-state index contributed by atoms with van der Waals surface area (Å²) in [5.41, 5.74) is 2.70. The molecule has 9 heteroatoms. The molecule has 5 rings (SSSR count). The number of anilines is 1. The third-order valence-electron chi connectivity index (χ3n) is 8.27. The first-order valence-electron chi connectivity index (χ1n) is 13.5. The van der Waals surface area contributed by atoms with Crippen LogP contribution in [0.3, 0.4) is 0 Å². The number of carbonyl (C=O) groups is 3. The van der Waals surface area contributed by atoms with Gasteiger partial charge in [0.05, 0.1) is 0 Å². The Morgan fingerprint density at radius 2 is 1.83 bits per heavy atom. The number of fused-ring (bicyclic) bond motifs is 1. The largest absolute Gasteiger partial charge is 0.368 e. The van der Waals surface area contributed by atoms with Gasteiger partial charge in [0.15, 0.2) is 0 Å². The summed E-state index contributed by atoms with van der Waals surface area (Å²) in [6.07, 6.45) is 5.76. The van der Waals surface area contributed by atoms with Gasteiger partial charge < -0.3 is 15.1 Å². The molecule has 1 saturated heterocycles. The van der Waals surface area contributed by atoms with Gasteiger partial charge in [-0.15, -0.1) is 0 Å². The number of piperidine rings is 1. The Labute approximate surface area is 211 Å². The lowest BCUT2D eigenvalue weighted by Gasteiger charge is -2.40. The Balaban J connectivity index is 1.31. The molecule has 0 bridgehead atoms. The minimum absolute atomic E-state index is 0.110. The summed E-state index contributed by atoms with van der Waals surface area (Å²) in [5, 5.41) is 5.68. The van der Waals surface area contributed by atoms with Crippen LogP contribution in [0.5, 0.6) is 0 Å². The highest BCUT2D eigenvalue weighted by molar-refractivity contribution is 6.06. The number of hydrogen-bond donors (Lipinski definition) is 2. The minimum atomic E-state index is -2.27. The number of nitrogens with one attached hydrogen (secondary N) is 2. The second kappa shape index (κ2) is 10.8. The molecule has 0 spiro atoms. The summed E-state index contributed by atoms with van der Waals surface area (Å²) in [4.78, 5) is 41.5. The van der Waals surface area contributed by atoms with Gasteiger partial charge in [-0.05, 0) is 56.6 Å². The fourth-order valence-electron chi connectivity index (χ4n) is 6.05. The van der Waals surface area contributed by atoms with Gasteiger partial charge in [-0.25, -0.2) is 8.78 Å². The van der Waals surface area contributed by atoms with Crippen LogP contribution in [-0.2, 0) is 16.1 Å². The molecule has 0 radical (unpaired) electrons. The van der Waals surface area contributed by atoms with E-state index >= 15 is 0 Å². The Bertz CT molecular complexity index is 991. The SMILES string of the molecule is O=C1CCC(N2Cc3c(cccc3N(CCC3CC3)C3CCC(NCCC(F)F)CC3)C2=O)C(=O)N1. The van der Waals surface area contributed by atoms with Crippen molar-refractivity contribution in [1.82, 2.24) is 15.5 Å². The summed E-state index contributed by atoms with van der Waals surface area (Å²) in [5.74, 6) is -0.0440. The van der Waals surface area contributed by atoms with Crippen molar-refractivity contribution >= 4 is 23.4 Å². The molecule has 1 atom stereocenters. The van der Waals surface area contributed by atoms with Crippen molar-refractivity contribution in [3.05, 3.63) is 29.3 Å². The van der Waals surface area contributed by atoms with Gasteiger partial charge in [-0.3, -0.25) is 19.7 Å². The summed E-state index contributed by atoms with van der Waals surface area (Å²) < 4.78 is 25.0. The van der Waals surface area contributed by atoms with Gasteiger partial charge in [0.2, 0.25) is 18.2 Å². The summed E-state index contributed by atoms with van der Waals surface area (Å²) in [7, 11) is 0. The molecule has 1 unspecified atom stereocenters. The lowest BCUT2D eigenvalue weighted by Crippen LogP contribution is -2.52. The van der Waals surface area contributed by atoms with Gasteiger partial charge in [-0.1, -0.05) is 18.9 Å². The van der Waals surface area contributed by atoms with E-state index in [9.17, 15) is 23.2 Å². The van der Waals surface area contributed by atoms with Gasteiger partial charge >= 0.3 is 0 Å². The molecule has 2 aliphatic heterocycles. The highest BCUT2D eigenvalue weighted by Gasteiger charge is 2.41. The normalized spacial score (nSPS) is 26.4. The zero-order valence-electron chi connectivity index (χ0n) is 20.7. The van der Waals surface area contributed by atoms with Crippen molar-refractivity contribution in [3.63, 3.8) is 0 Å². The van der Waals surface area contributed by atoms with Crippen LogP contribution in [0.1, 0.15) is 80.1 Å². The second-order valence-electron chi connectivity index (χ2n) is 10.8. The molecule has 1 aromatic carbocycles. The third kappa shape index (κ3) is 5.56. The molecule has 2 saturated carbocycles. The third-order valence-corrected chi connectivity index (χ3v) is 8.27. The Hall–Kier alpha value is -2.55. The monoisotopic (exact) mass is 502 g/mol. The maximum Gasteiger partial charge on any atom is 0.255 e. The van der Waals surface area contributed by atoms with Crippen molar-refractivity contribution in [3.8, 4) is 0 Å². The van der Waals surface area contributed by atoms with Crippen LogP contribution < -0.4 is 15.5 Å². The van der Waals surface area contributed by atoms with E-state index in [0.717, 1.165) is 55.8 Å². The van der Waals surface area contributed by atoms with E-state index in [0.29, 0.717) is 31.1 Å². The molecule has 196 valence electrons. The number of halogens is 2. The van der Waals surface area contributed by atoms with Gasteiger partial charge in [0.25, 0.3) is 5.91 Å². The number of rotatable bonds is 10. The minimum Gasteiger partial charge on any atom is -0.368 e. The number of alkyl halides is 2. The molecule has 7 nitrogen and oxygen atoms in total. The zero-order valence-corrected chi connectivity index (χ0v) is 20.7. The predicted octanol–water partition coefficient (Wildman–Crippen LogP) is 3.61. The number of carbonyl (C=O) groups excluding carboxylic acids is 3. The highest BCUT2D eigenvalue weighted by Crippen LogP contribution is 2.39. The molecule has 2 N–H and O–H groups in total. The van der Waals surface area contributed by atoms with Crippen molar-refractivity contribution in [2.75, 3.05) is 18.0 Å². The fourth-order valence-corrected chi connectivity index (χ4v) is 6.05. The highest BCUT2D eigenvalue weighted by atomic mass is 19.3. The molecule has 4 aliphatic rings. The first-order chi connectivity index (χ1) is 17.4. The van der Waals surface area contributed by atoms with E-state index < -0.39 is 18.4 Å². The summed E-state index contributed by atoms with van der Waals surface area (Å²) >= 11 is 0. The van der Waals surface area contributed by atoms with E-state index in [4.69, 9.17) is 0 Å². The lowest BCUT2D eigenvalue weighted by atomic mass is 9.89. The molecular formula is C27H36F2N4O3. The van der Waals surface area contributed by atoms with Gasteiger partial charge in [0.1, 0.15) is 6.04 Å². The predicted molar refractivity (Wildman–Crippen MR) is 132 cm³/mol. The van der Waals surface area contributed by atoms with E-state index in [2.05, 4.69) is 21.6 Å². The van der Waals surface area contributed by atoms with Crippen LogP contribution in [0.2, 0.25) is 0 Å². The average Bonchev–Trinajstić information content (AvgIpc) is 3.62. The maximum absolute atomic E-state index is 13.3. The zero-order chi connectivity index (χ0) is 25.2. The maximum atomic E-state index is 13.3. The average molecular weight is 503 g/mol. The lowest BCUT2D eigenvalue weighted by molar-refractivity contribution is -0.136. The molecular weight excluding hydrogens is 466 g/mol. The summed E-state index contributed by atoms with van der Waals surface area (Å²) in [6, 6.07) is 5.86. The fraction of sp³-hybridized carbons (Fsp3) is 0.667. The van der Waals surface area contributed by atoms with Crippen LogP contribution in [0.15, 0.2) is 18.2 Å². The van der Waals surface area contributed by atoms with E-state index in [1.54, 1.807) is 4.90 Å². The van der Waals surface area contributed by atoms with Gasteiger partial charge in [0, 0.05) is 61.4 Å². The van der Waals surface area contributed by atoms with Crippen molar-refractivity contribution in [1.29, 1.82) is 0 Å². The van der Waals surface area contributed by atoms with Crippen LogP contribution in [0, 0.1) is 5.92 Å². The van der Waals surface area contributed by atoms with E-state index in [1.165, 1.54) is 12.8 Å². The standard InChI is InChI=1S/C27H36F2N4O3/c28-24(29)12-14-30-18-6-8-19(9-7-18)32(15-13-17-4-5-17)22-3-1-2-20-21(22)16-33(27(20)36)23-10-11-25(34)31-26(23)35/h1-3,17-19,23-24,30H,4-16H2,(H,31,34,35). The number of benzene rings is 1. The van der Waals surface area contributed by atoms with Crippen LogP contribution >= 0.6 is 0 Å². The van der Waals surface area contributed by atoms with Crippen molar-refractivity contribution in [2.45, 2.75) is 95.3 Å². The number of hydrogen-bond acceptors (Lipinski definition) is 5. The first-order valence-corrected chi connectivity index (χ1v) is 13.5. The Kier molecular flexibility index (Phi) is 7.55. The van der Waals surface area contributed by atoms with Crippen molar-refractivity contribution < 1.29 is 23.2 Å². The van der Waals surface area contributed by atoms with Crippen molar-refractivity contribution in [2.24, 2.45) is 5.92 Å². The van der Waals surface area contributed by atoms with Gasteiger partial charge in [-0.2, -0.15) is 0 Å². The smallest absolute Gasteiger partial charge is 0.255 e. The molecule has 3 amide bonds. The number of imide groups is 1. The molecule has 3 fully saturated rings. The van der Waals surface area contributed by atoms with Crippen LogP contribution in [0.25, 0.3) is 0 Å². The molecule has 2 aliphatic carbocycles. The van der Waals surface area contributed by atoms with Crippen LogP contribution in [-0.4, -0.2) is 60.3 Å². The molecule has 1 aromatic rings. The van der Waals surface area contributed by atoms with E-state index in [1.807, 2.05) is 12.1 Å². The first kappa shape index (κ1) is 25.1. The quantitative estimate of drug-likeness (QED) is 0.478. The van der Waals surface area contributed by atoms with Crippen LogP contribution in [0.4, 0.5) is 14.5 Å². The molecule has 0 aromatic heterocycles.